The molecule has 0 amide bonds. The van der Waals surface area contributed by atoms with Crippen LogP contribution in [-0.2, 0) is 13.7 Å². The number of nitrogens with zero attached hydrogens (tertiary/aromatic N) is 3. The van der Waals surface area contributed by atoms with Gasteiger partial charge in [-0.15, -0.1) is 0 Å². The van der Waals surface area contributed by atoms with Crippen LogP contribution in [0.3, 0.4) is 0 Å². The molecular weight excluding hydrogens is 409 g/mol. The van der Waals surface area contributed by atoms with Crippen molar-refractivity contribution in [3.05, 3.63) is 80.0 Å². The Balaban J connectivity index is 1.67. The number of hydrogen-bond donors (Lipinski definition) is 0. The molecule has 0 unspecified atom stereocenters. The molecule has 2 aromatic heterocycles. The molecule has 144 valence electrons. The lowest BCUT2D eigenvalue weighted by Gasteiger charge is -2.07. The van der Waals surface area contributed by atoms with Gasteiger partial charge < -0.3 is 9.15 Å². The summed E-state index contributed by atoms with van der Waals surface area (Å²) in [5.74, 6) is 0.587. The number of aryl methyl sites for hydroxylation is 1. The van der Waals surface area contributed by atoms with E-state index in [0.717, 1.165) is 6.08 Å². The summed E-state index contributed by atoms with van der Waals surface area (Å²) in [4.78, 5) is 22.5. The molecule has 0 fully saturated rings. The minimum Gasteiger partial charge on any atom is -0.483 e. The predicted molar refractivity (Wildman–Crippen MR) is 103 cm³/mol. The van der Waals surface area contributed by atoms with Crippen LogP contribution in [0.5, 0.6) is 5.75 Å². The van der Waals surface area contributed by atoms with Gasteiger partial charge in [0.15, 0.2) is 5.75 Å². The van der Waals surface area contributed by atoms with Gasteiger partial charge in [-0.25, -0.2) is 0 Å². The number of ether oxygens (including phenoxy) is 1. The Kier molecular flexibility index (Phi) is 5.81. The van der Waals surface area contributed by atoms with Crippen molar-refractivity contribution < 1.29 is 18.9 Å². The minimum absolute atomic E-state index is 0.0803. The number of carbonyl (C=O) groups is 1. The van der Waals surface area contributed by atoms with Crippen molar-refractivity contribution in [1.82, 2.24) is 9.78 Å². The van der Waals surface area contributed by atoms with Crippen LogP contribution in [0.25, 0.3) is 6.08 Å². The Bertz CT molecular complexity index is 1050. The zero-order valence-corrected chi connectivity index (χ0v) is 16.0. The smallest absolute Gasteiger partial charge is 0.318 e. The van der Waals surface area contributed by atoms with Crippen LogP contribution in [0.2, 0.25) is 10.0 Å². The molecule has 8 nitrogen and oxygen atoms in total. The van der Waals surface area contributed by atoms with Gasteiger partial charge in [0.2, 0.25) is 11.5 Å². The summed E-state index contributed by atoms with van der Waals surface area (Å²) in [6.45, 7) is 0.0803. The standard InChI is InChI=1S/C18H13Cl2N3O5/c1-22-9-15(23(25)26)17(21-22)16(24)8-7-11-5-6-12(28-11)10-27-18-13(19)3-2-4-14(18)20/h2-9H,10H2,1H3/b8-7+. The van der Waals surface area contributed by atoms with Crippen molar-refractivity contribution in [3.8, 4) is 5.75 Å². The Morgan fingerprint density at radius 1 is 1.32 bits per heavy atom. The maximum atomic E-state index is 12.2. The van der Waals surface area contributed by atoms with Gasteiger partial charge in [0.25, 0.3) is 0 Å². The Morgan fingerprint density at radius 3 is 2.71 bits per heavy atom. The van der Waals surface area contributed by atoms with Crippen molar-refractivity contribution in [2.75, 3.05) is 0 Å². The van der Waals surface area contributed by atoms with Gasteiger partial charge in [0.05, 0.1) is 15.0 Å². The highest BCUT2D eigenvalue weighted by Gasteiger charge is 2.23. The first kappa shape index (κ1) is 19.7. The monoisotopic (exact) mass is 421 g/mol. The zero-order valence-electron chi connectivity index (χ0n) is 14.5. The molecule has 0 bridgehead atoms. The summed E-state index contributed by atoms with van der Waals surface area (Å²) in [5, 5.41) is 15.6. The fourth-order valence-electron chi connectivity index (χ4n) is 2.35. The Hall–Kier alpha value is -3.10. The van der Waals surface area contributed by atoms with E-state index < -0.39 is 10.7 Å². The molecule has 28 heavy (non-hydrogen) atoms. The molecule has 0 aliphatic carbocycles. The first-order chi connectivity index (χ1) is 13.3. The van der Waals surface area contributed by atoms with Gasteiger partial charge in [-0.1, -0.05) is 29.3 Å². The summed E-state index contributed by atoms with van der Waals surface area (Å²) in [6, 6.07) is 8.31. The minimum atomic E-state index is -0.656. The third-order valence-electron chi connectivity index (χ3n) is 3.60. The van der Waals surface area contributed by atoms with Gasteiger partial charge in [0.1, 0.15) is 24.3 Å². The van der Waals surface area contributed by atoms with E-state index in [1.54, 1.807) is 30.3 Å². The van der Waals surface area contributed by atoms with Crippen LogP contribution in [0, 0.1) is 10.1 Å². The fraction of sp³-hybridized carbons (Fsp3) is 0.111. The third kappa shape index (κ3) is 4.41. The number of benzene rings is 1. The molecule has 0 N–H and O–H groups in total. The van der Waals surface area contributed by atoms with Gasteiger partial charge in [-0.2, -0.15) is 5.10 Å². The van der Waals surface area contributed by atoms with Crippen molar-refractivity contribution in [1.29, 1.82) is 0 Å². The Labute approximate surface area is 169 Å². The predicted octanol–water partition coefficient (Wildman–Crippen LogP) is 4.70. The number of hydrogen-bond acceptors (Lipinski definition) is 6. The summed E-state index contributed by atoms with van der Waals surface area (Å²) >= 11 is 12.1. The number of rotatable bonds is 7. The van der Waals surface area contributed by atoms with Gasteiger partial charge in [0, 0.05) is 7.05 Å². The maximum Gasteiger partial charge on any atom is 0.318 e. The maximum absolute atomic E-state index is 12.2. The van der Waals surface area contributed by atoms with Gasteiger partial charge in [-0.05, 0) is 36.4 Å². The summed E-state index contributed by atoms with van der Waals surface area (Å²) in [7, 11) is 1.50. The van der Waals surface area contributed by atoms with E-state index in [2.05, 4.69) is 5.10 Å². The number of aromatic nitrogens is 2. The second-order valence-corrected chi connectivity index (χ2v) is 6.45. The lowest BCUT2D eigenvalue weighted by atomic mass is 10.2. The second kappa shape index (κ2) is 8.28. The molecule has 10 heteroatoms. The van der Waals surface area contributed by atoms with Crippen LogP contribution < -0.4 is 4.74 Å². The highest BCUT2D eigenvalue weighted by atomic mass is 35.5. The highest BCUT2D eigenvalue weighted by Crippen LogP contribution is 2.33. The fourth-order valence-corrected chi connectivity index (χ4v) is 2.85. The normalized spacial score (nSPS) is 11.1. The van der Waals surface area contributed by atoms with Crippen molar-refractivity contribution >= 4 is 40.7 Å². The van der Waals surface area contributed by atoms with Gasteiger partial charge >= 0.3 is 5.69 Å². The third-order valence-corrected chi connectivity index (χ3v) is 4.19. The number of allylic oxidation sites excluding steroid dienone is 1. The first-order valence-corrected chi connectivity index (χ1v) is 8.66. The molecule has 3 aromatic rings. The van der Waals surface area contributed by atoms with Crippen molar-refractivity contribution in [3.63, 3.8) is 0 Å². The topological polar surface area (TPSA) is 100 Å². The number of carbonyl (C=O) groups excluding carboxylic acids is 1. The van der Waals surface area contributed by atoms with E-state index in [-0.39, 0.29) is 18.0 Å². The molecule has 2 heterocycles. The number of nitro groups is 1. The first-order valence-electron chi connectivity index (χ1n) is 7.91. The molecule has 1 aromatic carbocycles. The number of furan rings is 1. The average Bonchev–Trinajstić information content (AvgIpc) is 3.26. The molecule has 0 saturated heterocycles. The van der Waals surface area contributed by atoms with E-state index >= 15 is 0 Å². The van der Waals surface area contributed by atoms with E-state index in [9.17, 15) is 14.9 Å². The average molecular weight is 422 g/mol. The van der Waals surface area contributed by atoms with E-state index in [1.807, 2.05) is 0 Å². The molecule has 0 radical (unpaired) electrons. The number of para-hydroxylation sites is 1. The van der Waals surface area contributed by atoms with E-state index in [0.29, 0.717) is 27.3 Å². The summed E-state index contributed by atoms with van der Waals surface area (Å²) in [5.41, 5.74) is -0.602. The molecular formula is C18H13Cl2N3O5. The number of halogens is 2. The van der Waals surface area contributed by atoms with Crippen LogP contribution >= 0.6 is 23.2 Å². The molecule has 0 spiro atoms. The zero-order chi connectivity index (χ0) is 20.3. The van der Waals surface area contributed by atoms with E-state index in [1.165, 1.54) is 24.0 Å². The lowest BCUT2D eigenvalue weighted by molar-refractivity contribution is -0.385. The molecule has 0 saturated carbocycles. The summed E-state index contributed by atoms with van der Waals surface area (Å²) < 4.78 is 12.3. The van der Waals surface area contributed by atoms with Crippen LogP contribution in [0.4, 0.5) is 5.69 Å². The largest absolute Gasteiger partial charge is 0.483 e. The SMILES string of the molecule is Cn1cc([N+](=O)[O-])c(C(=O)/C=C/c2ccc(COc3c(Cl)cccc3Cl)o2)n1. The quantitative estimate of drug-likeness (QED) is 0.237. The number of ketones is 1. The van der Waals surface area contributed by atoms with Crippen molar-refractivity contribution in [2.24, 2.45) is 7.05 Å². The van der Waals surface area contributed by atoms with Crippen molar-refractivity contribution in [2.45, 2.75) is 6.61 Å². The molecule has 0 aliphatic rings. The van der Waals surface area contributed by atoms with Crippen LogP contribution in [-0.4, -0.2) is 20.5 Å². The molecule has 3 rings (SSSR count). The Morgan fingerprint density at radius 2 is 2.04 bits per heavy atom. The summed E-state index contributed by atoms with van der Waals surface area (Å²) in [6.07, 6.45) is 3.72. The highest BCUT2D eigenvalue weighted by molar-refractivity contribution is 6.37. The molecule has 0 aliphatic heterocycles. The molecule has 0 atom stereocenters. The van der Waals surface area contributed by atoms with Gasteiger partial charge in [-0.3, -0.25) is 19.6 Å². The van der Waals surface area contributed by atoms with E-state index in [4.69, 9.17) is 32.4 Å². The lowest BCUT2D eigenvalue weighted by Crippen LogP contribution is -2.00. The second-order valence-electron chi connectivity index (χ2n) is 5.63. The van der Waals surface area contributed by atoms with Crippen LogP contribution in [0.1, 0.15) is 22.0 Å². The van der Waals surface area contributed by atoms with Crippen LogP contribution in [0.15, 0.2) is 47.0 Å².